The van der Waals surface area contributed by atoms with Gasteiger partial charge in [-0.2, -0.15) is 0 Å². The summed E-state index contributed by atoms with van der Waals surface area (Å²) in [6.07, 6.45) is 1.17. The molecule has 1 amide bonds. The van der Waals surface area contributed by atoms with Crippen LogP contribution in [0.2, 0.25) is 0 Å². The van der Waals surface area contributed by atoms with Crippen LogP contribution in [0.4, 0.5) is 0 Å². The topological polar surface area (TPSA) is 63.2 Å². The highest BCUT2D eigenvalue weighted by molar-refractivity contribution is 9.10. The molecule has 0 saturated carbocycles. The molecule has 0 heterocycles. The van der Waals surface area contributed by atoms with Crippen LogP contribution >= 0.6 is 15.9 Å². The summed E-state index contributed by atoms with van der Waals surface area (Å²) in [6.45, 7) is 5.15. The van der Waals surface area contributed by atoms with Crippen LogP contribution in [-0.2, 0) is 9.84 Å². The molecule has 0 aliphatic heterocycles. The molecular weight excluding hydrogens is 330 g/mol. The van der Waals surface area contributed by atoms with Crippen LogP contribution < -0.4 is 5.32 Å². The highest BCUT2D eigenvalue weighted by atomic mass is 79.9. The van der Waals surface area contributed by atoms with Crippen molar-refractivity contribution in [3.05, 3.63) is 33.8 Å². The van der Waals surface area contributed by atoms with Crippen molar-refractivity contribution in [2.45, 2.75) is 25.5 Å². The zero-order valence-electron chi connectivity index (χ0n) is 11.5. The molecule has 106 valence electrons. The van der Waals surface area contributed by atoms with E-state index in [4.69, 9.17) is 0 Å². The van der Waals surface area contributed by atoms with Crippen molar-refractivity contribution < 1.29 is 13.2 Å². The van der Waals surface area contributed by atoms with Gasteiger partial charge in [-0.25, -0.2) is 8.42 Å². The largest absolute Gasteiger partial charge is 0.350 e. The minimum absolute atomic E-state index is 0.0745. The zero-order chi connectivity index (χ0) is 14.8. The molecule has 1 N–H and O–H groups in total. The standard InChI is InChI=1S/C13H18BrNO3S/c1-9-6-5-7-10(11(9)14)12(16)15-8-13(2,3)19(4,17)18/h5-7H,8H2,1-4H3,(H,15,16). The first-order chi connectivity index (χ1) is 8.56. The van der Waals surface area contributed by atoms with Gasteiger partial charge in [-0.05, 0) is 48.3 Å². The number of aryl methyl sites for hydroxylation is 1. The van der Waals surface area contributed by atoms with E-state index in [2.05, 4.69) is 21.2 Å². The van der Waals surface area contributed by atoms with Crippen molar-refractivity contribution >= 4 is 31.7 Å². The molecule has 0 radical (unpaired) electrons. The van der Waals surface area contributed by atoms with Gasteiger partial charge in [0, 0.05) is 17.3 Å². The normalized spacial score (nSPS) is 12.3. The van der Waals surface area contributed by atoms with Crippen LogP contribution in [-0.4, -0.2) is 31.9 Å². The summed E-state index contributed by atoms with van der Waals surface area (Å²) in [7, 11) is -3.22. The van der Waals surface area contributed by atoms with E-state index < -0.39 is 14.6 Å². The maximum Gasteiger partial charge on any atom is 0.252 e. The molecule has 0 aromatic heterocycles. The number of hydrogen-bond acceptors (Lipinski definition) is 3. The Bertz CT molecular complexity index is 594. The SMILES string of the molecule is Cc1cccc(C(=O)NCC(C)(C)S(C)(=O)=O)c1Br. The van der Waals surface area contributed by atoms with E-state index in [1.165, 1.54) is 6.26 Å². The minimum Gasteiger partial charge on any atom is -0.350 e. The van der Waals surface area contributed by atoms with Crippen LogP contribution in [0.3, 0.4) is 0 Å². The van der Waals surface area contributed by atoms with Crippen LogP contribution in [0.1, 0.15) is 29.8 Å². The summed E-state index contributed by atoms with van der Waals surface area (Å²) in [6, 6.07) is 5.37. The number of nitrogens with one attached hydrogen (secondary N) is 1. The summed E-state index contributed by atoms with van der Waals surface area (Å²) in [4.78, 5) is 12.1. The number of hydrogen-bond donors (Lipinski definition) is 1. The van der Waals surface area contributed by atoms with E-state index in [0.717, 1.165) is 10.0 Å². The Labute approximate surface area is 122 Å². The maximum absolute atomic E-state index is 12.1. The maximum atomic E-state index is 12.1. The first-order valence-electron chi connectivity index (χ1n) is 5.79. The zero-order valence-corrected chi connectivity index (χ0v) is 13.9. The lowest BCUT2D eigenvalue weighted by atomic mass is 10.1. The number of amides is 1. The fraction of sp³-hybridized carbons (Fsp3) is 0.462. The number of rotatable bonds is 4. The molecule has 0 bridgehead atoms. The molecule has 1 rings (SSSR count). The van der Waals surface area contributed by atoms with Gasteiger partial charge in [0.15, 0.2) is 9.84 Å². The Balaban J connectivity index is 2.85. The molecule has 0 aliphatic rings. The number of carbonyl (C=O) groups is 1. The molecule has 1 aromatic rings. The molecule has 1 aromatic carbocycles. The average Bonchev–Trinajstić information content (AvgIpc) is 2.28. The van der Waals surface area contributed by atoms with Gasteiger partial charge in [0.1, 0.15) is 0 Å². The molecule has 0 atom stereocenters. The number of halogens is 1. The third-order valence-electron chi connectivity index (χ3n) is 3.11. The minimum atomic E-state index is -3.22. The molecule has 0 spiro atoms. The van der Waals surface area contributed by atoms with Gasteiger partial charge in [0.25, 0.3) is 5.91 Å². The van der Waals surface area contributed by atoms with Crippen molar-refractivity contribution in [3.63, 3.8) is 0 Å². The first-order valence-corrected chi connectivity index (χ1v) is 8.47. The van der Waals surface area contributed by atoms with Crippen molar-refractivity contribution in [3.8, 4) is 0 Å². The molecule has 0 saturated heterocycles. The van der Waals surface area contributed by atoms with E-state index in [-0.39, 0.29) is 12.5 Å². The first kappa shape index (κ1) is 16.2. The third-order valence-corrected chi connectivity index (χ3v) is 6.32. The number of sulfone groups is 1. The molecule has 6 heteroatoms. The fourth-order valence-electron chi connectivity index (χ4n) is 1.34. The van der Waals surface area contributed by atoms with Gasteiger partial charge >= 0.3 is 0 Å². The smallest absolute Gasteiger partial charge is 0.252 e. The fourth-order valence-corrected chi connectivity index (χ4v) is 2.12. The van der Waals surface area contributed by atoms with Crippen LogP contribution in [0.15, 0.2) is 22.7 Å². The van der Waals surface area contributed by atoms with Crippen LogP contribution in [0.5, 0.6) is 0 Å². The summed E-state index contributed by atoms with van der Waals surface area (Å²) in [5.41, 5.74) is 1.46. The molecule has 0 aliphatic carbocycles. The Morgan fingerprint density at radius 2 is 1.95 bits per heavy atom. The highest BCUT2D eigenvalue weighted by Crippen LogP contribution is 2.21. The monoisotopic (exact) mass is 347 g/mol. The molecule has 0 unspecified atom stereocenters. The lowest BCUT2D eigenvalue weighted by molar-refractivity contribution is 0.0949. The van der Waals surface area contributed by atoms with Gasteiger partial charge < -0.3 is 5.32 Å². The lowest BCUT2D eigenvalue weighted by Crippen LogP contribution is -2.43. The van der Waals surface area contributed by atoms with Crippen molar-refractivity contribution in [1.82, 2.24) is 5.32 Å². The van der Waals surface area contributed by atoms with Gasteiger partial charge in [-0.3, -0.25) is 4.79 Å². The van der Waals surface area contributed by atoms with Crippen molar-refractivity contribution in [2.24, 2.45) is 0 Å². The summed E-state index contributed by atoms with van der Waals surface area (Å²) >= 11 is 3.36. The Hall–Kier alpha value is -0.880. The highest BCUT2D eigenvalue weighted by Gasteiger charge is 2.30. The van der Waals surface area contributed by atoms with Crippen molar-refractivity contribution in [2.75, 3.05) is 12.8 Å². The summed E-state index contributed by atoms with van der Waals surface area (Å²) < 4.78 is 22.9. The third kappa shape index (κ3) is 3.79. The lowest BCUT2D eigenvalue weighted by Gasteiger charge is -2.23. The van der Waals surface area contributed by atoms with Crippen molar-refractivity contribution in [1.29, 1.82) is 0 Å². The van der Waals surface area contributed by atoms with Gasteiger partial charge in [-0.1, -0.05) is 12.1 Å². The van der Waals surface area contributed by atoms with Gasteiger partial charge in [0.05, 0.1) is 10.3 Å². The average molecular weight is 348 g/mol. The summed E-state index contributed by atoms with van der Waals surface area (Å²) in [5.74, 6) is -0.285. The van der Waals surface area contributed by atoms with Crippen LogP contribution in [0, 0.1) is 6.92 Å². The Morgan fingerprint density at radius 1 is 1.37 bits per heavy atom. The predicted octanol–water partition coefficient (Wildman–Crippen LogP) is 2.31. The van der Waals surface area contributed by atoms with E-state index in [0.29, 0.717) is 5.56 Å². The molecule has 4 nitrogen and oxygen atoms in total. The molecule has 19 heavy (non-hydrogen) atoms. The van der Waals surface area contributed by atoms with Gasteiger partial charge in [-0.15, -0.1) is 0 Å². The Kier molecular flexibility index (Phi) is 4.79. The second-order valence-corrected chi connectivity index (χ2v) is 8.59. The second-order valence-electron chi connectivity index (χ2n) is 5.15. The number of benzene rings is 1. The van der Waals surface area contributed by atoms with E-state index in [9.17, 15) is 13.2 Å². The summed E-state index contributed by atoms with van der Waals surface area (Å²) in [5, 5.41) is 2.67. The van der Waals surface area contributed by atoms with E-state index >= 15 is 0 Å². The van der Waals surface area contributed by atoms with E-state index in [1.807, 2.05) is 13.0 Å². The number of carbonyl (C=O) groups excluding carboxylic acids is 1. The van der Waals surface area contributed by atoms with Crippen LogP contribution in [0.25, 0.3) is 0 Å². The van der Waals surface area contributed by atoms with E-state index in [1.54, 1.807) is 26.0 Å². The molecular formula is C13H18BrNO3S. The quantitative estimate of drug-likeness (QED) is 0.908. The second kappa shape index (κ2) is 5.63. The molecule has 0 fully saturated rings. The predicted molar refractivity (Wildman–Crippen MR) is 80.1 cm³/mol. The van der Waals surface area contributed by atoms with Gasteiger partial charge in [0.2, 0.25) is 0 Å². The Morgan fingerprint density at radius 3 is 2.47 bits per heavy atom.